The minimum atomic E-state index is -1.01. The molecular weight excluding hydrogens is 438 g/mol. The molecule has 1 rings (SSSR count). The Hall–Kier alpha value is -3.10. The lowest BCUT2D eigenvalue weighted by Crippen LogP contribution is -2.55. The molecule has 0 spiro atoms. The van der Waals surface area contributed by atoms with E-state index in [1.54, 1.807) is 47.6 Å². The lowest BCUT2D eigenvalue weighted by Gasteiger charge is -2.35. The molecule has 0 bridgehead atoms. The maximum absolute atomic E-state index is 13.7. The van der Waals surface area contributed by atoms with Crippen molar-refractivity contribution < 1.29 is 28.7 Å². The normalized spacial score (nSPS) is 13.0. The fourth-order valence-corrected chi connectivity index (χ4v) is 3.44. The van der Waals surface area contributed by atoms with E-state index in [9.17, 15) is 19.2 Å². The third kappa shape index (κ3) is 8.04. The molecule has 0 heterocycles. The van der Waals surface area contributed by atoms with Gasteiger partial charge in [0.25, 0.3) is 0 Å². The number of nitrogens with one attached hydrogen (secondary N) is 2. The lowest BCUT2D eigenvalue weighted by atomic mass is 9.94. The van der Waals surface area contributed by atoms with Gasteiger partial charge in [0.15, 0.2) is 0 Å². The predicted octanol–water partition coefficient (Wildman–Crippen LogP) is 3.03. The number of hydrogen-bond donors (Lipinski definition) is 2. The number of rotatable bonds is 9. The zero-order valence-corrected chi connectivity index (χ0v) is 21.8. The molecule has 34 heavy (non-hydrogen) atoms. The molecule has 3 amide bonds. The van der Waals surface area contributed by atoms with Crippen LogP contribution < -0.4 is 10.6 Å². The molecule has 0 fully saturated rings. The molecule has 9 nitrogen and oxygen atoms in total. The molecule has 9 heteroatoms. The van der Waals surface area contributed by atoms with Crippen molar-refractivity contribution in [3.05, 3.63) is 34.9 Å². The Morgan fingerprint density at radius 1 is 1.09 bits per heavy atom. The van der Waals surface area contributed by atoms with Gasteiger partial charge >= 0.3 is 12.1 Å². The number of esters is 1. The fourth-order valence-electron chi connectivity index (χ4n) is 3.44. The quantitative estimate of drug-likeness (QED) is 0.529. The summed E-state index contributed by atoms with van der Waals surface area (Å²) in [5.41, 5.74) is 1.72. The maximum atomic E-state index is 13.7. The van der Waals surface area contributed by atoms with E-state index in [0.717, 1.165) is 11.1 Å². The monoisotopic (exact) mass is 477 g/mol. The molecule has 1 aromatic carbocycles. The van der Waals surface area contributed by atoms with Crippen molar-refractivity contribution in [2.45, 2.75) is 73.1 Å². The number of aryl methyl sites for hydroxylation is 1. The molecule has 1 aromatic rings. The Labute approximate surface area is 202 Å². The number of benzene rings is 1. The van der Waals surface area contributed by atoms with Gasteiger partial charge in [0.2, 0.25) is 11.8 Å². The number of hydrogen-bond acceptors (Lipinski definition) is 6. The van der Waals surface area contributed by atoms with Crippen LogP contribution in [-0.2, 0) is 23.9 Å². The molecule has 0 saturated heterocycles. The molecule has 2 N–H and O–H groups in total. The van der Waals surface area contributed by atoms with Crippen molar-refractivity contribution >= 4 is 23.9 Å². The summed E-state index contributed by atoms with van der Waals surface area (Å²) < 4.78 is 9.96. The second-order valence-corrected chi connectivity index (χ2v) is 9.48. The van der Waals surface area contributed by atoms with Crippen LogP contribution in [0.3, 0.4) is 0 Å². The van der Waals surface area contributed by atoms with E-state index < -0.39 is 41.6 Å². The number of methoxy groups -OCH3 is 1. The van der Waals surface area contributed by atoms with Crippen LogP contribution in [0.5, 0.6) is 0 Å². The predicted molar refractivity (Wildman–Crippen MR) is 129 cm³/mol. The highest BCUT2D eigenvalue weighted by Gasteiger charge is 2.37. The zero-order valence-electron chi connectivity index (χ0n) is 21.8. The molecule has 0 saturated carbocycles. The van der Waals surface area contributed by atoms with Crippen LogP contribution in [0.2, 0.25) is 0 Å². The molecule has 0 aromatic heterocycles. The third-order valence-corrected chi connectivity index (χ3v) is 5.36. The van der Waals surface area contributed by atoms with Gasteiger partial charge in [-0.15, -0.1) is 0 Å². The van der Waals surface area contributed by atoms with E-state index in [4.69, 9.17) is 4.74 Å². The van der Waals surface area contributed by atoms with E-state index in [1.807, 2.05) is 26.0 Å². The van der Waals surface area contributed by atoms with Crippen LogP contribution in [0.4, 0.5) is 4.79 Å². The number of alkyl carbamates (subject to hydrolysis) is 1. The van der Waals surface area contributed by atoms with Crippen LogP contribution in [0, 0.1) is 19.8 Å². The molecule has 190 valence electrons. The van der Waals surface area contributed by atoms with Gasteiger partial charge in [-0.1, -0.05) is 32.0 Å². The second kappa shape index (κ2) is 12.4. The van der Waals surface area contributed by atoms with Crippen molar-refractivity contribution in [1.82, 2.24) is 15.5 Å². The minimum absolute atomic E-state index is 0.196. The lowest BCUT2D eigenvalue weighted by molar-refractivity contribution is -0.145. The second-order valence-electron chi connectivity index (χ2n) is 9.48. The first-order chi connectivity index (χ1) is 15.7. The largest absolute Gasteiger partial charge is 0.468 e. The number of ether oxygens (including phenoxy) is 2. The summed E-state index contributed by atoms with van der Waals surface area (Å²) in [6.45, 7) is 14.2. The summed E-state index contributed by atoms with van der Waals surface area (Å²) >= 11 is 0. The highest BCUT2D eigenvalue weighted by atomic mass is 16.6. The number of likely N-dealkylation sites (N-methyl/N-ethyl adjacent to an activating group) is 1. The van der Waals surface area contributed by atoms with E-state index in [1.165, 1.54) is 12.0 Å². The fraction of sp³-hybridized carbons (Fsp3) is 0.600. The number of carbonyl (C=O) groups excluding carboxylic acids is 4. The van der Waals surface area contributed by atoms with Gasteiger partial charge in [0, 0.05) is 6.54 Å². The SMILES string of the molecule is CCN(C(=O)C(NC(=O)OC(C)(C)C)C(C)C)C(C(=O)NCC(=O)OC)c1cccc(C)c1C. The van der Waals surface area contributed by atoms with Crippen molar-refractivity contribution in [2.75, 3.05) is 20.2 Å². The first kappa shape index (κ1) is 28.9. The van der Waals surface area contributed by atoms with E-state index in [0.29, 0.717) is 5.56 Å². The summed E-state index contributed by atoms with van der Waals surface area (Å²) in [6, 6.07) is 3.59. The van der Waals surface area contributed by atoms with E-state index in [-0.39, 0.29) is 19.0 Å². The smallest absolute Gasteiger partial charge is 0.408 e. The van der Waals surface area contributed by atoms with E-state index in [2.05, 4.69) is 15.4 Å². The first-order valence-electron chi connectivity index (χ1n) is 11.4. The van der Waals surface area contributed by atoms with Gasteiger partial charge < -0.3 is 25.0 Å². The third-order valence-electron chi connectivity index (χ3n) is 5.36. The Kier molecular flexibility index (Phi) is 10.5. The van der Waals surface area contributed by atoms with Crippen molar-refractivity contribution in [2.24, 2.45) is 5.92 Å². The van der Waals surface area contributed by atoms with Crippen LogP contribution >= 0.6 is 0 Å². The summed E-state index contributed by atoms with van der Waals surface area (Å²) in [5.74, 6) is -1.82. The Morgan fingerprint density at radius 2 is 1.71 bits per heavy atom. The summed E-state index contributed by atoms with van der Waals surface area (Å²) in [6.07, 6.45) is -0.714. The molecule has 0 aliphatic carbocycles. The molecule has 0 radical (unpaired) electrons. The zero-order chi connectivity index (χ0) is 26.2. The van der Waals surface area contributed by atoms with Crippen LogP contribution in [-0.4, -0.2) is 60.6 Å². The highest BCUT2D eigenvalue weighted by molar-refractivity contribution is 5.93. The highest BCUT2D eigenvalue weighted by Crippen LogP contribution is 2.27. The van der Waals surface area contributed by atoms with Gasteiger partial charge in [-0.2, -0.15) is 0 Å². The summed E-state index contributed by atoms with van der Waals surface area (Å²) in [7, 11) is 1.23. The standard InChI is InChI=1S/C25H39N3O6/c1-10-28(23(31)20(15(2)3)27-24(32)34-25(6,7)8)21(22(30)26-14-19(29)33-9)18-13-11-12-16(4)17(18)5/h11-13,15,20-21H,10,14H2,1-9H3,(H,26,30)(H,27,32). The van der Waals surface area contributed by atoms with Crippen molar-refractivity contribution in [1.29, 1.82) is 0 Å². The molecule has 0 aliphatic rings. The van der Waals surface area contributed by atoms with Gasteiger partial charge in [0.1, 0.15) is 24.2 Å². The number of nitrogens with zero attached hydrogens (tertiary/aromatic N) is 1. The molecule has 2 atom stereocenters. The Bertz CT molecular complexity index is 891. The van der Waals surface area contributed by atoms with Gasteiger partial charge in [-0.05, 0) is 64.2 Å². The first-order valence-corrected chi connectivity index (χ1v) is 11.4. The van der Waals surface area contributed by atoms with Crippen LogP contribution in [0.15, 0.2) is 18.2 Å². The van der Waals surface area contributed by atoms with Gasteiger partial charge in [-0.25, -0.2) is 4.79 Å². The topological polar surface area (TPSA) is 114 Å². The number of amides is 3. The molecule has 0 aliphatic heterocycles. The summed E-state index contributed by atoms with van der Waals surface area (Å²) in [5, 5.41) is 5.23. The average Bonchev–Trinajstić information content (AvgIpc) is 2.74. The van der Waals surface area contributed by atoms with Crippen LogP contribution in [0.25, 0.3) is 0 Å². The van der Waals surface area contributed by atoms with Crippen molar-refractivity contribution in [3.8, 4) is 0 Å². The van der Waals surface area contributed by atoms with E-state index >= 15 is 0 Å². The van der Waals surface area contributed by atoms with Gasteiger partial charge in [-0.3, -0.25) is 14.4 Å². The van der Waals surface area contributed by atoms with Gasteiger partial charge in [0.05, 0.1) is 7.11 Å². The molecule has 2 unspecified atom stereocenters. The Balaban J connectivity index is 3.40. The van der Waals surface area contributed by atoms with Crippen LogP contribution in [0.1, 0.15) is 64.3 Å². The Morgan fingerprint density at radius 3 is 2.21 bits per heavy atom. The summed E-state index contributed by atoms with van der Waals surface area (Å²) in [4.78, 5) is 52.5. The number of carbonyl (C=O) groups is 4. The van der Waals surface area contributed by atoms with Crippen molar-refractivity contribution in [3.63, 3.8) is 0 Å². The minimum Gasteiger partial charge on any atom is -0.468 e. The maximum Gasteiger partial charge on any atom is 0.408 e. The average molecular weight is 478 g/mol. The molecular formula is C25H39N3O6.